The Morgan fingerprint density at radius 3 is 1.50 bits per heavy atom. The molecule has 2 amide bonds. The lowest BCUT2D eigenvalue weighted by Gasteiger charge is -2.20. The zero-order chi connectivity index (χ0) is 49.3. The largest absolute Gasteiger partial charge is 0.488 e. The summed E-state index contributed by atoms with van der Waals surface area (Å²) in [6, 6.07) is 29.5. The molecule has 8 aromatic rings. The fourth-order valence-corrected chi connectivity index (χ4v) is 8.19. The van der Waals surface area contributed by atoms with E-state index < -0.39 is 26.8 Å². The van der Waals surface area contributed by atoms with Gasteiger partial charge in [0.2, 0.25) is 0 Å². The van der Waals surface area contributed by atoms with Gasteiger partial charge in [0.15, 0.2) is 19.7 Å². The monoisotopic (exact) mass is 1010 g/mol. The molecule has 18 nitrogen and oxygen atoms in total. The summed E-state index contributed by atoms with van der Waals surface area (Å²) in [5.41, 5.74) is 5.26. The van der Waals surface area contributed by atoms with Crippen molar-refractivity contribution in [3.63, 3.8) is 0 Å². The van der Waals surface area contributed by atoms with Crippen molar-refractivity contribution < 1.29 is 36.5 Å². The fourth-order valence-electron chi connectivity index (χ4n) is 6.54. The molecule has 2 N–H and O–H groups in total. The van der Waals surface area contributed by atoms with Crippen LogP contribution < -0.4 is 15.3 Å². The van der Waals surface area contributed by atoms with Crippen LogP contribution in [-0.4, -0.2) is 101 Å². The van der Waals surface area contributed by atoms with Crippen molar-refractivity contribution in [3.05, 3.63) is 161 Å². The van der Waals surface area contributed by atoms with Crippen LogP contribution in [0.3, 0.4) is 0 Å². The second kappa shape index (κ2) is 21.4. The SMILES string of the molecule is CCN(C(=O)c1ccn2ncc(-c3ccc(S(C)(=O)=O)cc3)c2c1)c1ccc(C#N)cn1.CCN(C(=O)c1ccn2ncc(Br)c2c1)c1ccc(C#N)cn1.CS(=O)(=O)c1ccc(B(O)O)cc1. The second-order valence-electron chi connectivity index (χ2n) is 14.7. The van der Waals surface area contributed by atoms with E-state index in [1.54, 1.807) is 112 Å². The number of amides is 2. The molecule has 6 heterocycles. The van der Waals surface area contributed by atoms with Gasteiger partial charge in [0, 0.05) is 67.1 Å². The van der Waals surface area contributed by atoms with E-state index in [2.05, 4.69) is 36.1 Å². The third-order valence-corrected chi connectivity index (χ3v) is 13.0. The Morgan fingerprint density at radius 2 is 1.09 bits per heavy atom. The minimum Gasteiger partial charge on any atom is -0.423 e. The topological polar surface area (TPSA) is 257 Å². The predicted octanol–water partition coefficient (Wildman–Crippen LogP) is 5.14. The van der Waals surface area contributed by atoms with E-state index in [4.69, 9.17) is 20.6 Å². The van der Waals surface area contributed by atoms with E-state index in [1.807, 2.05) is 26.0 Å². The standard InChI is InChI=1S/C23H19N5O3S.C16H12BrN5O.C7H9BO4S/c1-3-27(22-9-4-16(13-24)14-25-22)23(29)18-10-11-28-21(12-18)20(15-26-28)17-5-7-19(8-6-17)32(2,30)31;1-2-21(15-4-3-11(8-18)9-19-15)16(23)12-5-6-22-14(7-12)13(17)10-20-22;1-13(11,12)7-4-2-6(3-5-7)8(9)10/h4-12,14-15H,3H2,1-2H3;3-7,9-10H,2H2,1H3;2-5,9-10H,1H3. The first-order valence-electron chi connectivity index (χ1n) is 20.3. The van der Waals surface area contributed by atoms with E-state index in [9.17, 15) is 26.4 Å². The van der Waals surface area contributed by atoms with Crippen molar-refractivity contribution >= 4 is 82.7 Å². The van der Waals surface area contributed by atoms with E-state index in [1.165, 1.54) is 41.6 Å². The molecule has 0 spiro atoms. The molecular formula is C46H40BBrN10O8S2. The maximum absolute atomic E-state index is 13.2. The van der Waals surface area contributed by atoms with Gasteiger partial charge in [-0.05, 0) is 114 Å². The molecule has 22 heteroatoms. The molecule has 0 saturated heterocycles. The lowest BCUT2D eigenvalue weighted by molar-refractivity contribution is 0.0979. The first kappa shape index (κ1) is 49.8. The number of hydrogen-bond donors (Lipinski definition) is 2. The van der Waals surface area contributed by atoms with E-state index in [0.29, 0.717) is 52.5 Å². The highest BCUT2D eigenvalue weighted by Gasteiger charge is 2.21. The van der Waals surface area contributed by atoms with Gasteiger partial charge in [-0.1, -0.05) is 24.3 Å². The van der Waals surface area contributed by atoms with Crippen LogP contribution in [0.4, 0.5) is 11.6 Å². The van der Waals surface area contributed by atoms with E-state index in [0.717, 1.165) is 33.6 Å². The van der Waals surface area contributed by atoms with Crippen LogP contribution in [-0.2, 0) is 19.7 Å². The summed E-state index contributed by atoms with van der Waals surface area (Å²) in [7, 11) is -8.06. The van der Waals surface area contributed by atoms with Crippen LogP contribution >= 0.6 is 15.9 Å². The molecule has 68 heavy (non-hydrogen) atoms. The Morgan fingerprint density at radius 1 is 0.647 bits per heavy atom. The third-order valence-electron chi connectivity index (χ3n) is 10.1. The molecule has 0 aliphatic heterocycles. The summed E-state index contributed by atoms with van der Waals surface area (Å²) in [6.45, 7) is 4.61. The van der Waals surface area contributed by atoms with Gasteiger partial charge in [-0.25, -0.2) is 35.8 Å². The van der Waals surface area contributed by atoms with Gasteiger partial charge in [-0.3, -0.25) is 19.4 Å². The normalized spacial score (nSPS) is 11.0. The number of benzene rings is 2. The summed E-state index contributed by atoms with van der Waals surface area (Å²) >= 11 is 3.41. The van der Waals surface area contributed by atoms with Crippen molar-refractivity contribution in [1.29, 1.82) is 10.5 Å². The zero-order valence-electron chi connectivity index (χ0n) is 36.7. The Hall–Kier alpha value is -7.60. The van der Waals surface area contributed by atoms with Crippen molar-refractivity contribution in [1.82, 2.24) is 29.2 Å². The molecule has 0 unspecified atom stereocenters. The number of anilines is 2. The van der Waals surface area contributed by atoms with E-state index >= 15 is 0 Å². The Labute approximate surface area is 400 Å². The molecule has 344 valence electrons. The van der Waals surface area contributed by atoms with Gasteiger partial charge in [0.05, 0.1) is 48.8 Å². The average Bonchev–Trinajstić information content (AvgIpc) is 3.94. The number of pyridine rings is 4. The predicted molar refractivity (Wildman–Crippen MR) is 259 cm³/mol. The third kappa shape index (κ3) is 11.7. The number of nitriles is 2. The van der Waals surface area contributed by atoms with Gasteiger partial charge >= 0.3 is 7.12 Å². The Kier molecular flexibility index (Phi) is 15.7. The fraction of sp³-hybridized carbons (Fsp3) is 0.130. The number of fused-ring (bicyclic) bond motifs is 2. The van der Waals surface area contributed by atoms with Crippen LogP contribution in [0, 0.1) is 22.7 Å². The van der Waals surface area contributed by atoms with Gasteiger partial charge in [-0.15, -0.1) is 0 Å². The highest BCUT2D eigenvalue weighted by Crippen LogP contribution is 2.27. The van der Waals surface area contributed by atoms with Gasteiger partial charge in [0.25, 0.3) is 11.8 Å². The summed E-state index contributed by atoms with van der Waals surface area (Å²) in [5, 5.41) is 43.7. The summed E-state index contributed by atoms with van der Waals surface area (Å²) in [6.07, 6.45) is 12.0. The first-order chi connectivity index (χ1) is 32.4. The average molecular weight is 1020 g/mol. The van der Waals surface area contributed by atoms with Crippen LogP contribution in [0.25, 0.3) is 22.2 Å². The molecule has 8 rings (SSSR count). The molecule has 0 saturated carbocycles. The number of rotatable bonds is 10. The molecule has 0 fully saturated rings. The highest BCUT2D eigenvalue weighted by molar-refractivity contribution is 9.10. The van der Waals surface area contributed by atoms with Crippen LogP contribution in [0.5, 0.6) is 0 Å². The number of nitrogens with zero attached hydrogens (tertiary/aromatic N) is 10. The molecular weight excluding hydrogens is 975 g/mol. The lowest BCUT2D eigenvalue weighted by Crippen LogP contribution is -2.31. The maximum Gasteiger partial charge on any atom is 0.488 e. The van der Waals surface area contributed by atoms with Crippen molar-refractivity contribution in [2.75, 3.05) is 35.4 Å². The number of aromatic nitrogens is 6. The molecule has 0 bridgehead atoms. The van der Waals surface area contributed by atoms with E-state index in [-0.39, 0.29) is 27.1 Å². The van der Waals surface area contributed by atoms with Gasteiger partial charge < -0.3 is 10.0 Å². The van der Waals surface area contributed by atoms with Gasteiger partial charge in [-0.2, -0.15) is 20.7 Å². The maximum atomic E-state index is 13.2. The molecule has 6 aromatic heterocycles. The molecule has 0 aliphatic carbocycles. The summed E-state index contributed by atoms with van der Waals surface area (Å²) in [4.78, 5) is 37.9. The second-order valence-corrected chi connectivity index (χ2v) is 19.6. The number of sulfone groups is 2. The molecule has 0 aliphatic rings. The summed E-state index contributed by atoms with van der Waals surface area (Å²) < 4.78 is 49.6. The molecule has 2 aromatic carbocycles. The minimum atomic E-state index is -3.29. The molecule has 0 atom stereocenters. The number of carbonyl (C=O) groups is 2. The Bertz CT molecular complexity index is 3430. The van der Waals surface area contributed by atoms with Gasteiger partial charge in [0.1, 0.15) is 23.8 Å². The smallest absolute Gasteiger partial charge is 0.423 e. The van der Waals surface area contributed by atoms with Crippen molar-refractivity contribution in [3.8, 4) is 23.3 Å². The van der Waals surface area contributed by atoms with Crippen LogP contribution in [0.1, 0.15) is 45.7 Å². The number of hydrogen-bond acceptors (Lipinski definition) is 14. The Balaban J connectivity index is 0.000000184. The zero-order valence-corrected chi connectivity index (χ0v) is 39.9. The van der Waals surface area contributed by atoms with Crippen molar-refractivity contribution in [2.45, 2.75) is 23.6 Å². The molecule has 0 radical (unpaired) electrons. The highest BCUT2D eigenvalue weighted by atomic mass is 79.9. The van der Waals surface area contributed by atoms with Crippen molar-refractivity contribution in [2.24, 2.45) is 0 Å². The van der Waals surface area contributed by atoms with Crippen LogP contribution in [0.15, 0.2) is 149 Å². The minimum absolute atomic E-state index is 0.152. The number of carbonyl (C=O) groups excluding carboxylic acids is 2. The number of halogens is 1. The quantitative estimate of drug-likeness (QED) is 0.168. The lowest BCUT2D eigenvalue weighted by atomic mass is 9.81. The first-order valence-corrected chi connectivity index (χ1v) is 24.9. The van der Waals surface area contributed by atoms with Crippen LogP contribution in [0.2, 0.25) is 0 Å². The summed E-state index contributed by atoms with van der Waals surface area (Å²) in [5.74, 6) is 0.595.